The maximum Gasteiger partial charge on any atom is 0.320 e. The maximum absolute atomic E-state index is 11.9. The van der Waals surface area contributed by atoms with Crippen LogP contribution in [0.1, 0.15) is 54.4 Å². The Morgan fingerprint density at radius 1 is 1.00 bits per heavy atom. The molecule has 1 fully saturated rings. The molecule has 2 aliphatic heterocycles. The van der Waals surface area contributed by atoms with Gasteiger partial charge >= 0.3 is 5.97 Å². The lowest BCUT2D eigenvalue weighted by Crippen LogP contribution is -2.44. The Kier molecular flexibility index (Phi) is 10.1. The van der Waals surface area contributed by atoms with Gasteiger partial charge in [-0.2, -0.15) is 0 Å². The fraction of sp³-hybridized carbons (Fsp3) is 0.429. The Morgan fingerprint density at radius 2 is 1.84 bits per heavy atom. The Balaban J connectivity index is 1.35. The fourth-order valence-electron chi connectivity index (χ4n) is 5.82. The molecular weight excluding hydrogens is 544 g/mol. The second kappa shape index (κ2) is 14.3. The highest BCUT2D eigenvalue weighted by molar-refractivity contribution is 5.73. The molecule has 0 amide bonds. The van der Waals surface area contributed by atoms with Crippen molar-refractivity contribution in [3.63, 3.8) is 0 Å². The number of rotatable bonds is 12. The van der Waals surface area contributed by atoms with Gasteiger partial charge in [0, 0.05) is 24.6 Å². The molecule has 43 heavy (non-hydrogen) atoms. The van der Waals surface area contributed by atoms with E-state index in [9.17, 15) is 9.90 Å². The average molecular weight is 585 g/mol. The van der Waals surface area contributed by atoms with Crippen LogP contribution in [0, 0.1) is 20.4 Å². The molecule has 3 aromatic rings. The minimum absolute atomic E-state index is 0.391. The number of hydrogen-bond acceptors (Lipinski definition) is 6. The molecule has 0 unspecified atom stereocenters. The van der Waals surface area contributed by atoms with Crippen LogP contribution in [0.15, 0.2) is 48.5 Å². The first-order chi connectivity index (χ1) is 20.9. The van der Waals surface area contributed by atoms with Crippen molar-refractivity contribution < 1.29 is 28.8 Å². The molecule has 8 heteroatoms. The molecular formula is C35H40N2O6. The normalized spacial score (nSPS) is 16.3. The number of likely N-dealkylation sites (tertiary alicyclic amines) is 1. The summed E-state index contributed by atoms with van der Waals surface area (Å²) in [4.78, 5) is 17.4. The lowest BCUT2D eigenvalue weighted by molar-refractivity contribution is -0.144. The van der Waals surface area contributed by atoms with Gasteiger partial charge in [0.05, 0.1) is 6.61 Å². The lowest BCUT2D eigenvalue weighted by atomic mass is 9.96. The van der Waals surface area contributed by atoms with Crippen molar-refractivity contribution in [1.82, 2.24) is 4.90 Å². The van der Waals surface area contributed by atoms with Crippen LogP contribution in [0.2, 0.25) is 0 Å². The second-order valence-corrected chi connectivity index (χ2v) is 11.2. The Morgan fingerprint density at radius 3 is 2.65 bits per heavy atom. The Labute approximate surface area is 254 Å². The molecule has 2 heterocycles. The molecule has 5 rings (SSSR count). The SMILES string of the molecule is [C-]#[N+]CCCCOc1cc(OCc2cccc(-c3ccc4c(c3)OCCO4)c2C)c(C)cc1CN1CCCC[C@H]1C(=O)O. The number of aryl methyl sites for hydroxylation is 1. The fourth-order valence-corrected chi connectivity index (χ4v) is 5.82. The zero-order valence-electron chi connectivity index (χ0n) is 25.1. The van der Waals surface area contributed by atoms with Crippen LogP contribution < -0.4 is 18.9 Å². The summed E-state index contributed by atoms with van der Waals surface area (Å²) in [5.41, 5.74) is 6.32. The van der Waals surface area contributed by atoms with Crippen molar-refractivity contribution >= 4 is 5.97 Å². The molecule has 3 aromatic carbocycles. The number of fused-ring (bicyclic) bond motifs is 1. The van der Waals surface area contributed by atoms with Crippen molar-refractivity contribution in [3.05, 3.63) is 82.2 Å². The standard InChI is InChI=1S/C35H40N2O6/c1-24-19-28(22-37-15-6-4-11-30(37)35(38)39)33(40-16-7-5-14-36-3)21-32(24)43-23-27-9-8-10-29(25(27)2)26-12-13-31-34(20-26)42-18-17-41-31/h8-10,12-13,19-21,30H,4-7,11,14-18,22-23H2,1-2H3,(H,38,39)/t30-/m0/s1. The quantitative estimate of drug-likeness (QED) is 0.184. The van der Waals surface area contributed by atoms with Gasteiger partial charge in [0.1, 0.15) is 37.4 Å². The summed E-state index contributed by atoms with van der Waals surface area (Å²) >= 11 is 0. The maximum atomic E-state index is 11.9. The first-order valence-electron chi connectivity index (χ1n) is 15.1. The van der Waals surface area contributed by atoms with E-state index in [1.807, 2.05) is 36.1 Å². The van der Waals surface area contributed by atoms with Crippen LogP contribution in [0.4, 0.5) is 0 Å². The topological polar surface area (TPSA) is 81.8 Å². The number of carboxylic acids is 1. The highest BCUT2D eigenvalue weighted by Gasteiger charge is 2.29. The lowest BCUT2D eigenvalue weighted by Gasteiger charge is -2.33. The predicted octanol–water partition coefficient (Wildman–Crippen LogP) is 6.84. The van der Waals surface area contributed by atoms with Crippen molar-refractivity contribution in [3.8, 4) is 34.1 Å². The van der Waals surface area contributed by atoms with E-state index in [1.165, 1.54) is 0 Å². The molecule has 1 atom stereocenters. The van der Waals surface area contributed by atoms with Gasteiger partial charge < -0.3 is 28.9 Å². The minimum atomic E-state index is -0.771. The molecule has 0 saturated carbocycles. The molecule has 2 aliphatic rings. The monoisotopic (exact) mass is 584 g/mol. The highest BCUT2D eigenvalue weighted by Crippen LogP contribution is 2.37. The van der Waals surface area contributed by atoms with Gasteiger partial charge in [-0.15, -0.1) is 0 Å². The van der Waals surface area contributed by atoms with Gasteiger partial charge in [0.2, 0.25) is 6.54 Å². The zero-order chi connectivity index (χ0) is 30.2. The molecule has 0 bridgehead atoms. The van der Waals surface area contributed by atoms with Gasteiger partial charge in [0.15, 0.2) is 11.5 Å². The van der Waals surface area contributed by atoms with Crippen LogP contribution in [0.25, 0.3) is 16.0 Å². The summed E-state index contributed by atoms with van der Waals surface area (Å²) in [6, 6.07) is 15.8. The third kappa shape index (κ3) is 7.41. The van der Waals surface area contributed by atoms with E-state index in [2.05, 4.69) is 36.0 Å². The first-order valence-corrected chi connectivity index (χ1v) is 15.1. The van der Waals surface area contributed by atoms with Crippen molar-refractivity contribution in [1.29, 1.82) is 0 Å². The van der Waals surface area contributed by atoms with Crippen LogP contribution in [0.3, 0.4) is 0 Å². The second-order valence-electron chi connectivity index (χ2n) is 11.2. The van der Waals surface area contributed by atoms with E-state index in [4.69, 9.17) is 25.5 Å². The van der Waals surface area contributed by atoms with E-state index >= 15 is 0 Å². The zero-order valence-corrected chi connectivity index (χ0v) is 25.1. The van der Waals surface area contributed by atoms with Crippen molar-refractivity contribution in [2.45, 2.75) is 65.1 Å². The summed E-state index contributed by atoms with van der Waals surface area (Å²) in [6.07, 6.45) is 4.13. The van der Waals surface area contributed by atoms with Crippen molar-refractivity contribution in [2.75, 3.05) is 32.9 Å². The molecule has 1 saturated heterocycles. The van der Waals surface area contributed by atoms with Gasteiger partial charge in [-0.1, -0.05) is 30.7 Å². The van der Waals surface area contributed by atoms with Gasteiger partial charge in [0.25, 0.3) is 0 Å². The first kappa shape index (κ1) is 30.2. The average Bonchev–Trinajstić information content (AvgIpc) is 3.02. The molecule has 0 aliphatic carbocycles. The number of ether oxygens (including phenoxy) is 4. The Bertz CT molecular complexity index is 1480. The molecule has 0 aromatic heterocycles. The number of carboxylic acid groups (broad SMARTS) is 1. The molecule has 226 valence electrons. The van der Waals surface area contributed by atoms with Gasteiger partial charge in [-0.05, 0) is 85.7 Å². The third-order valence-corrected chi connectivity index (χ3v) is 8.23. The predicted molar refractivity (Wildman–Crippen MR) is 165 cm³/mol. The Hall–Kier alpha value is -4.22. The van der Waals surface area contributed by atoms with Gasteiger partial charge in [-0.25, -0.2) is 6.57 Å². The number of aliphatic carboxylic acids is 1. The molecule has 1 N–H and O–H groups in total. The minimum Gasteiger partial charge on any atom is -0.493 e. The number of hydrogen-bond donors (Lipinski definition) is 1. The smallest absolute Gasteiger partial charge is 0.320 e. The highest BCUT2D eigenvalue weighted by atomic mass is 16.6. The van der Waals surface area contributed by atoms with E-state index in [-0.39, 0.29) is 0 Å². The third-order valence-electron chi connectivity index (χ3n) is 8.23. The van der Waals surface area contributed by atoms with Crippen LogP contribution in [0.5, 0.6) is 23.0 Å². The molecule has 0 spiro atoms. The van der Waals surface area contributed by atoms with Crippen molar-refractivity contribution in [2.24, 2.45) is 0 Å². The molecule has 8 nitrogen and oxygen atoms in total. The summed E-state index contributed by atoms with van der Waals surface area (Å²) in [5.74, 6) is 2.21. The number of benzene rings is 3. The summed E-state index contributed by atoms with van der Waals surface area (Å²) in [6.45, 7) is 14.9. The van der Waals surface area contributed by atoms with E-state index in [0.717, 1.165) is 82.9 Å². The van der Waals surface area contributed by atoms with E-state index in [1.54, 1.807) is 0 Å². The van der Waals surface area contributed by atoms with Crippen LogP contribution in [-0.2, 0) is 17.9 Å². The summed E-state index contributed by atoms with van der Waals surface area (Å²) < 4.78 is 24.1. The van der Waals surface area contributed by atoms with E-state index in [0.29, 0.717) is 51.7 Å². The van der Waals surface area contributed by atoms with Crippen LogP contribution in [-0.4, -0.2) is 54.9 Å². The summed E-state index contributed by atoms with van der Waals surface area (Å²) in [7, 11) is 0. The van der Waals surface area contributed by atoms with E-state index < -0.39 is 12.0 Å². The number of carbonyl (C=O) groups is 1. The summed E-state index contributed by atoms with van der Waals surface area (Å²) in [5, 5.41) is 9.79. The number of piperidine rings is 1. The largest absolute Gasteiger partial charge is 0.493 e. The number of unbranched alkanes of at least 4 members (excludes halogenated alkanes) is 1. The van der Waals surface area contributed by atoms with Crippen LogP contribution >= 0.6 is 0 Å². The number of nitrogens with zero attached hydrogens (tertiary/aromatic N) is 2. The van der Waals surface area contributed by atoms with Gasteiger partial charge in [-0.3, -0.25) is 9.69 Å². The molecule has 0 radical (unpaired) electrons.